The molecule has 1 amide bonds. The average Bonchev–Trinajstić information content (AvgIpc) is 3.54. The van der Waals surface area contributed by atoms with Crippen LogP contribution >= 0.6 is 23.4 Å². The van der Waals surface area contributed by atoms with E-state index < -0.39 is 41.3 Å². The summed E-state index contributed by atoms with van der Waals surface area (Å²) in [6.07, 6.45) is 3.97. The fraction of sp³-hybridized carbons (Fsp3) is 0.950. The number of aliphatic hydroxyl groups is 3. The predicted octanol–water partition coefficient (Wildman–Crippen LogP) is 0.827. The van der Waals surface area contributed by atoms with Gasteiger partial charge in [0.25, 0.3) is 0 Å². The molecule has 0 radical (unpaired) electrons. The third-order valence-corrected chi connectivity index (χ3v) is 7.63. The first-order chi connectivity index (χ1) is 13.8. The lowest BCUT2D eigenvalue weighted by atomic mass is 9.87. The van der Waals surface area contributed by atoms with E-state index in [0.717, 1.165) is 25.3 Å². The Hall–Kier alpha value is -0.0900. The van der Waals surface area contributed by atoms with Crippen LogP contribution in [0.25, 0.3) is 0 Å². The number of piperidine rings is 1. The molecule has 2 saturated heterocycles. The van der Waals surface area contributed by atoms with E-state index in [2.05, 4.69) is 10.6 Å². The largest absolute Gasteiger partial charge is 0.388 e. The van der Waals surface area contributed by atoms with Crippen molar-refractivity contribution in [1.82, 2.24) is 10.6 Å². The summed E-state index contributed by atoms with van der Waals surface area (Å²) >= 11 is 7.58. The van der Waals surface area contributed by atoms with Crippen molar-refractivity contribution in [1.29, 1.82) is 0 Å². The minimum Gasteiger partial charge on any atom is -0.388 e. The summed E-state index contributed by atoms with van der Waals surface area (Å²) in [6, 6.07) is -0.983. The van der Waals surface area contributed by atoms with Gasteiger partial charge in [0.05, 0.1) is 17.5 Å². The second kappa shape index (κ2) is 10.5. The lowest BCUT2D eigenvalue weighted by molar-refractivity contribution is -0.205. The first kappa shape index (κ1) is 23.6. The summed E-state index contributed by atoms with van der Waals surface area (Å²) in [5, 5.41) is 36.5. The number of thioether (sulfide) groups is 1. The summed E-state index contributed by atoms with van der Waals surface area (Å²) < 4.78 is 5.82. The highest BCUT2D eigenvalue weighted by Gasteiger charge is 2.48. The van der Waals surface area contributed by atoms with E-state index in [-0.39, 0.29) is 11.9 Å². The molecule has 2 aliphatic heterocycles. The molecular formula is C20H35ClN2O5S. The van der Waals surface area contributed by atoms with Gasteiger partial charge in [0.15, 0.2) is 0 Å². The molecule has 9 atom stereocenters. The summed E-state index contributed by atoms with van der Waals surface area (Å²) in [5.41, 5.74) is -0.701. The molecule has 1 saturated carbocycles. The zero-order chi connectivity index (χ0) is 21.1. The summed E-state index contributed by atoms with van der Waals surface area (Å²) in [6.45, 7) is 2.54. The molecule has 0 aromatic carbocycles. The standard InChI is InChI=1S/C20H35ClN2O5S/c1-10(21)14(18-16(25)15(24)17(26)20(28-18)29-2)23-19(27)13-9-12(7-8-22-13)6-5-11-3-4-11/h10-18,20,22,24-26H,3-9H2,1-2H3,(H,23,27)/t10?,12?,13?,14?,15-,16+,17+,18+,20+/m0/s1. The van der Waals surface area contributed by atoms with Gasteiger partial charge in [0.2, 0.25) is 5.91 Å². The smallest absolute Gasteiger partial charge is 0.237 e. The van der Waals surface area contributed by atoms with Crippen LogP contribution in [-0.4, -0.2) is 81.3 Å². The second-order valence-corrected chi connectivity index (χ2v) is 10.4. The Labute approximate surface area is 182 Å². The maximum Gasteiger partial charge on any atom is 0.237 e. The first-order valence-electron chi connectivity index (χ1n) is 10.7. The van der Waals surface area contributed by atoms with Gasteiger partial charge in [-0.25, -0.2) is 0 Å². The van der Waals surface area contributed by atoms with Gasteiger partial charge < -0.3 is 30.7 Å². The van der Waals surface area contributed by atoms with E-state index in [0.29, 0.717) is 5.92 Å². The number of rotatable bonds is 8. The number of amides is 1. The molecule has 3 rings (SSSR count). The normalized spacial score (nSPS) is 40.3. The van der Waals surface area contributed by atoms with Crippen LogP contribution in [0.3, 0.4) is 0 Å². The van der Waals surface area contributed by atoms with E-state index >= 15 is 0 Å². The topological polar surface area (TPSA) is 111 Å². The van der Waals surface area contributed by atoms with Crippen LogP contribution in [0.4, 0.5) is 0 Å². The molecule has 5 N–H and O–H groups in total. The van der Waals surface area contributed by atoms with Crippen molar-refractivity contribution in [3.8, 4) is 0 Å². The number of hydrogen-bond acceptors (Lipinski definition) is 7. The van der Waals surface area contributed by atoms with E-state index in [1.54, 1.807) is 13.2 Å². The van der Waals surface area contributed by atoms with Gasteiger partial charge in [0.1, 0.15) is 29.9 Å². The molecule has 29 heavy (non-hydrogen) atoms. The molecule has 0 spiro atoms. The Bertz CT molecular complexity index is 551. The van der Waals surface area contributed by atoms with Crippen LogP contribution in [0.5, 0.6) is 0 Å². The van der Waals surface area contributed by atoms with Gasteiger partial charge in [-0.05, 0) is 44.4 Å². The first-order valence-corrected chi connectivity index (χ1v) is 12.4. The van der Waals surface area contributed by atoms with E-state index in [4.69, 9.17) is 16.3 Å². The molecular weight excluding hydrogens is 416 g/mol. The SMILES string of the molecule is CS[C@H]1O[C@H](C(NC(=O)C2CC(CCC3CC3)CCN2)C(C)Cl)[C@H](O)[C@H](O)[C@H]1O. The minimum atomic E-state index is -1.36. The monoisotopic (exact) mass is 450 g/mol. The highest BCUT2D eigenvalue weighted by Crippen LogP contribution is 2.36. The second-order valence-electron chi connectivity index (χ2n) is 8.81. The zero-order valence-electron chi connectivity index (χ0n) is 17.2. The fourth-order valence-electron chi connectivity index (χ4n) is 4.42. The number of halogens is 1. The Morgan fingerprint density at radius 2 is 1.86 bits per heavy atom. The van der Waals surface area contributed by atoms with E-state index in [9.17, 15) is 20.1 Å². The number of nitrogens with one attached hydrogen (secondary N) is 2. The van der Waals surface area contributed by atoms with Crippen LogP contribution in [-0.2, 0) is 9.53 Å². The lowest BCUT2D eigenvalue weighted by Gasteiger charge is -2.44. The fourth-order valence-corrected chi connectivity index (χ4v) is 5.31. The third kappa shape index (κ3) is 5.99. The Kier molecular flexibility index (Phi) is 8.52. The van der Waals surface area contributed by atoms with Gasteiger partial charge in [-0.2, -0.15) is 0 Å². The zero-order valence-corrected chi connectivity index (χ0v) is 18.7. The van der Waals surface area contributed by atoms with Crippen molar-refractivity contribution >= 4 is 29.3 Å². The van der Waals surface area contributed by atoms with Gasteiger partial charge >= 0.3 is 0 Å². The van der Waals surface area contributed by atoms with Gasteiger partial charge in [-0.3, -0.25) is 4.79 Å². The third-order valence-electron chi connectivity index (χ3n) is 6.51. The summed E-state index contributed by atoms with van der Waals surface area (Å²) in [4.78, 5) is 13.0. The molecule has 0 aromatic rings. The predicted molar refractivity (Wildman–Crippen MR) is 114 cm³/mol. The summed E-state index contributed by atoms with van der Waals surface area (Å²) in [7, 11) is 0. The lowest BCUT2D eigenvalue weighted by Crippen LogP contribution is -2.65. The maximum atomic E-state index is 13.0. The van der Waals surface area contributed by atoms with Crippen LogP contribution < -0.4 is 10.6 Å². The van der Waals surface area contributed by atoms with E-state index in [1.165, 1.54) is 37.4 Å². The molecule has 1 aliphatic carbocycles. The minimum absolute atomic E-state index is 0.157. The molecule has 3 fully saturated rings. The number of alkyl halides is 1. The summed E-state index contributed by atoms with van der Waals surface area (Å²) in [5.74, 6) is 1.29. The van der Waals surface area contributed by atoms with Crippen molar-refractivity contribution in [2.24, 2.45) is 11.8 Å². The molecule has 2 heterocycles. The van der Waals surface area contributed by atoms with Crippen LogP contribution in [0.1, 0.15) is 45.4 Å². The van der Waals surface area contributed by atoms with Gasteiger partial charge in [0, 0.05) is 0 Å². The van der Waals surface area contributed by atoms with Crippen molar-refractivity contribution in [3.63, 3.8) is 0 Å². The Balaban J connectivity index is 1.60. The Morgan fingerprint density at radius 3 is 2.48 bits per heavy atom. The number of aliphatic hydroxyl groups excluding tert-OH is 3. The van der Waals surface area contributed by atoms with Crippen molar-refractivity contribution in [3.05, 3.63) is 0 Å². The van der Waals surface area contributed by atoms with Crippen molar-refractivity contribution in [2.45, 2.75) is 92.8 Å². The van der Waals surface area contributed by atoms with Crippen LogP contribution in [0.2, 0.25) is 0 Å². The van der Waals surface area contributed by atoms with Crippen molar-refractivity contribution in [2.75, 3.05) is 12.8 Å². The highest BCUT2D eigenvalue weighted by atomic mass is 35.5. The van der Waals surface area contributed by atoms with Crippen LogP contribution in [0.15, 0.2) is 0 Å². The molecule has 9 heteroatoms. The molecule has 3 aliphatic rings. The molecule has 168 valence electrons. The van der Waals surface area contributed by atoms with Gasteiger partial charge in [-0.1, -0.05) is 25.7 Å². The average molecular weight is 451 g/mol. The quantitative estimate of drug-likeness (QED) is 0.348. The number of carbonyl (C=O) groups excluding carboxylic acids is 1. The molecule has 0 bridgehead atoms. The molecule has 7 nitrogen and oxygen atoms in total. The molecule has 4 unspecified atom stereocenters. The number of hydrogen-bond donors (Lipinski definition) is 5. The number of ether oxygens (including phenoxy) is 1. The van der Waals surface area contributed by atoms with E-state index in [1.807, 2.05) is 0 Å². The number of carbonyl (C=O) groups is 1. The molecule has 0 aromatic heterocycles. The van der Waals surface area contributed by atoms with Crippen molar-refractivity contribution < 1.29 is 24.9 Å². The Morgan fingerprint density at radius 1 is 1.17 bits per heavy atom. The van der Waals surface area contributed by atoms with Crippen LogP contribution in [0, 0.1) is 11.8 Å². The maximum absolute atomic E-state index is 13.0. The van der Waals surface area contributed by atoms with Gasteiger partial charge in [-0.15, -0.1) is 23.4 Å². The highest BCUT2D eigenvalue weighted by molar-refractivity contribution is 7.99.